The summed E-state index contributed by atoms with van der Waals surface area (Å²) in [4.78, 5) is 29.4. The lowest BCUT2D eigenvalue weighted by atomic mass is 9.72. The van der Waals surface area contributed by atoms with Crippen LogP contribution in [-0.2, 0) is 11.3 Å². The molecule has 3 fully saturated rings. The number of aliphatic hydroxyl groups excluding tert-OH is 1. The lowest BCUT2D eigenvalue weighted by molar-refractivity contribution is -0.183. The SMILES string of the molecule is O=C(c1ccc(-c2cc(Cl)c(CN3CC[C@]4(CC[C@@H](O)CC4)C3=O)c(Cl)c2)cc1)N1CCC(C(F)(F)F)CC1. The smallest absolute Gasteiger partial charge is 0.391 e. The molecule has 5 nitrogen and oxygen atoms in total. The fraction of sp³-hybridized carbons (Fsp3) is 0.517. The van der Waals surface area contributed by atoms with Crippen molar-refractivity contribution in [1.82, 2.24) is 9.80 Å². The van der Waals surface area contributed by atoms with Gasteiger partial charge >= 0.3 is 6.18 Å². The van der Waals surface area contributed by atoms with Crippen molar-refractivity contribution in [3.05, 3.63) is 57.6 Å². The number of nitrogens with zero attached hydrogens (tertiary/aromatic N) is 2. The molecule has 1 spiro atoms. The summed E-state index contributed by atoms with van der Waals surface area (Å²) in [7, 11) is 0. The number of hydrogen-bond donors (Lipinski definition) is 1. The maximum atomic E-state index is 13.2. The topological polar surface area (TPSA) is 60.9 Å². The van der Waals surface area contributed by atoms with E-state index >= 15 is 0 Å². The van der Waals surface area contributed by atoms with Crippen LogP contribution in [0.25, 0.3) is 11.1 Å². The molecule has 210 valence electrons. The molecule has 0 atom stereocenters. The van der Waals surface area contributed by atoms with E-state index in [2.05, 4.69) is 0 Å². The van der Waals surface area contributed by atoms with Gasteiger partial charge in [-0.05, 0) is 80.3 Å². The molecule has 2 saturated heterocycles. The first-order chi connectivity index (χ1) is 18.5. The van der Waals surface area contributed by atoms with Crippen LogP contribution in [0.4, 0.5) is 13.2 Å². The Hall–Kier alpha value is -2.29. The van der Waals surface area contributed by atoms with Crippen LogP contribution in [0.3, 0.4) is 0 Å². The van der Waals surface area contributed by atoms with Gasteiger partial charge in [-0.3, -0.25) is 9.59 Å². The zero-order valence-electron chi connectivity index (χ0n) is 21.4. The molecular weight excluding hydrogens is 552 g/mol. The van der Waals surface area contributed by atoms with Crippen molar-refractivity contribution >= 4 is 35.0 Å². The molecule has 2 heterocycles. The van der Waals surface area contributed by atoms with Crippen molar-refractivity contribution in [3.8, 4) is 11.1 Å². The van der Waals surface area contributed by atoms with Crippen LogP contribution >= 0.6 is 23.2 Å². The Kier molecular flexibility index (Phi) is 7.92. The van der Waals surface area contributed by atoms with Crippen LogP contribution in [0.15, 0.2) is 36.4 Å². The third kappa shape index (κ3) is 5.79. The second kappa shape index (κ2) is 10.9. The highest BCUT2D eigenvalue weighted by atomic mass is 35.5. The number of piperidine rings is 1. The van der Waals surface area contributed by atoms with Gasteiger partial charge in [0, 0.05) is 47.4 Å². The van der Waals surface area contributed by atoms with Gasteiger partial charge in [-0.2, -0.15) is 13.2 Å². The molecule has 0 radical (unpaired) electrons. The number of alkyl halides is 3. The Morgan fingerprint density at radius 3 is 2.08 bits per heavy atom. The molecule has 2 aromatic rings. The lowest BCUT2D eigenvalue weighted by Gasteiger charge is -2.34. The number of halogens is 5. The fourth-order valence-electron chi connectivity index (χ4n) is 6.17. The Morgan fingerprint density at radius 1 is 0.923 bits per heavy atom. The van der Waals surface area contributed by atoms with Gasteiger partial charge in [-0.15, -0.1) is 0 Å². The highest BCUT2D eigenvalue weighted by Gasteiger charge is 2.48. The van der Waals surface area contributed by atoms with Gasteiger partial charge in [0.25, 0.3) is 5.91 Å². The van der Waals surface area contributed by atoms with E-state index in [9.17, 15) is 27.9 Å². The first-order valence-corrected chi connectivity index (χ1v) is 14.1. The number of hydrogen-bond acceptors (Lipinski definition) is 3. The van der Waals surface area contributed by atoms with Crippen LogP contribution in [0.1, 0.15) is 60.9 Å². The molecule has 10 heteroatoms. The van der Waals surface area contributed by atoms with Gasteiger partial charge in [0.2, 0.25) is 5.91 Å². The van der Waals surface area contributed by atoms with Crippen molar-refractivity contribution in [1.29, 1.82) is 0 Å². The molecule has 2 aliphatic heterocycles. The summed E-state index contributed by atoms with van der Waals surface area (Å²) in [6.07, 6.45) is -1.22. The van der Waals surface area contributed by atoms with Gasteiger partial charge in [0.15, 0.2) is 0 Å². The predicted octanol–water partition coefficient (Wildman–Crippen LogP) is 6.73. The molecule has 1 saturated carbocycles. The van der Waals surface area contributed by atoms with E-state index in [4.69, 9.17) is 23.2 Å². The zero-order valence-corrected chi connectivity index (χ0v) is 23.0. The standard InChI is InChI=1S/C29H31Cl2F3N2O3/c30-24-15-20(16-25(31)23(24)17-36-14-11-28(27(36)39)9-5-22(37)6-10-28)18-1-3-19(4-2-18)26(38)35-12-7-21(8-13-35)29(32,33)34/h1-4,15-16,21-22,37H,5-14,17H2/t22-,28-. The summed E-state index contributed by atoms with van der Waals surface area (Å²) in [5.41, 5.74) is 2.25. The van der Waals surface area contributed by atoms with E-state index in [1.165, 1.54) is 4.90 Å². The normalized spacial score (nSPS) is 24.6. The molecule has 39 heavy (non-hydrogen) atoms. The van der Waals surface area contributed by atoms with Crippen molar-refractivity contribution < 1.29 is 27.9 Å². The highest BCUT2D eigenvalue weighted by molar-refractivity contribution is 6.36. The fourth-order valence-corrected chi connectivity index (χ4v) is 6.78. The summed E-state index contributed by atoms with van der Waals surface area (Å²) in [6, 6.07) is 10.4. The minimum atomic E-state index is -4.22. The van der Waals surface area contributed by atoms with Gasteiger partial charge in [-0.25, -0.2) is 0 Å². The zero-order chi connectivity index (χ0) is 27.9. The maximum Gasteiger partial charge on any atom is 0.391 e. The Balaban J connectivity index is 1.24. The van der Waals surface area contributed by atoms with E-state index in [1.807, 2.05) is 4.90 Å². The van der Waals surface area contributed by atoms with Gasteiger partial charge in [0.1, 0.15) is 0 Å². The summed E-state index contributed by atoms with van der Waals surface area (Å²) in [5.74, 6) is -1.53. The number of aliphatic hydroxyl groups is 1. The number of rotatable bonds is 4. The Bertz CT molecular complexity index is 1210. The largest absolute Gasteiger partial charge is 0.393 e. The van der Waals surface area contributed by atoms with E-state index in [-0.39, 0.29) is 49.3 Å². The molecule has 5 rings (SSSR count). The summed E-state index contributed by atoms with van der Waals surface area (Å²) >= 11 is 13.3. The molecular formula is C29H31Cl2F3N2O3. The minimum absolute atomic E-state index is 0.0796. The molecule has 0 bridgehead atoms. The van der Waals surface area contributed by atoms with Crippen molar-refractivity contribution in [2.24, 2.45) is 11.3 Å². The van der Waals surface area contributed by atoms with Crippen LogP contribution < -0.4 is 0 Å². The predicted molar refractivity (Wildman–Crippen MR) is 144 cm³/mol. The van der Waals surface area contributed by atoms with Crippen molar-refractivity contribution in [2.75, 3.05) is 19.6 Å². The van der Waals surface area contributed by atoms with Crippen molar-refractivity contribution in [3.63, 3.8) is 0 Å². The van der Waals surface area contributed by atoms with E-state index < -0.39 is 12.1 Å². The average Bonchev–Trinajstić information content (AvgIpc) is 3.21. The summed E-state index contributed by atoms with van der Waals surface area (Å²) in [5, 5.41) is 10.7. The number of carbonyl (C=O) groups is 2. The minimum Gasteiger partial charge on any atom is -0.393 e. The molecule has 0 aromatic heterocycles. The second-order valence-electron chi connectivity index (χ2n) is 11.1. The molecule has 0 unspecified atom stereocenters. The molecule has 2 aromatic carbocycles. The number of likely N-dealkylation sites (tertiary alicyclic amines) is 2. The Labute approximate surface area is 235 Å². The monoisotopic (exact) mass is 582 g/mol. The van der Waals surface area contributed by atoms with Crippen molar-refractivity contribution in [2.45, 2.75) is 63.8 Å². The summed E-state index contributed by atoms with van der Waals surface area (Å²) < 4.78 is 38.8. The van der Waals surface area contributed by atoms with Gasteiger partial charge < -0.3 is 14.9 Å². The van der Waals surface area contributed by atoms with Crippen LogP contribution in [0.5, 0.6) is 0 Å². The lowest BCUT2D eigenvalue weighted by Crippen LogP contribution is -2.42. The maximum absolute atomic E-state index is 13.2. The second-order valence-corrected chi connectivity index (χ2v) is 11.9. The molecule has 1 aliphatic carbocycles. The Morgan fingerprint density at radius 2 is 1.51 bits per heavy atom. The first-order valence-electron chi connectivity index (χ1n) is 13.4. The molecule has 2 amide bonds. The number of amides is 2. The number of carbonyl (C=O) groups excluding carboxylic acids is 2. The van der Waals surface area contributed by atoms with Crippen LogP contribution in [0, 0.1) is 11.3 Å². The third-order valence-electron chi connectivity index (χ3n) is 8.71. The van der Waals surface area contributed by atoms with E-state index in [1.54, 1.807) is 36.4 Å². The summed E-state index contributed by atoms with van der Waals surface area (Å²) in [6.45, 7) is 1.12. The van der Waals surface area contributed by atoms with E-state index in [0.717, 1.165) is 17.5 Å². The van der Waals surface area contributed by atoms with Gasteiger partial charge in [-0.1, -0.05) is 35.3 Å². The highest BCUT2D eigenvalue weighted by Crippen LogP contribution is 2.46. The first kappa shape index (κ1) is 28.2. The van der Waals surface area contributed by atoms with E-state index in [0.29, 0.717) is 59.9 Å². The van der Waals surface area contributed by atoms with Gasteiger partial charge in [0.05, 0.1) is 17.4 Å². The third-order valence-corrected chi connectivity index (χ3v) is 9.39. The van der Waals surface area contributed by atoms with Crippen LogP contribution in [-0.4, -0.2) is 58.6 Å². The molecule has 1 N–H and O–H groups in total. The average molecular weight is 583 g/mol. The van der Waals surface area contributed by atoms with Crippen LogP contribution in [0.2, 0.25) is 10.0 Å². The quantitative estimate of drug-likeness (QED) is 0.435. The molecule has 3 aliphatic rings. The number of benzene rings is 2.